The molecule has 0 unspecified atom stereocenters. The number of hydrogen-bond donors (Lipinski definition) is 0. The molecule has 2 amide bonds. The second-order valence-corrected chi connectivity index (χ2v) is 7.42. The highest BCUT2D eigenvalue weighted by Gasteiger charge is 2.47. The van der Waals surface area contributed by atoms with Crippen LogP contribution in [-0.4, -0.2) is 91.4 Å². The first-order chi connectivity index (χ1) is 14.3. The molecule has 160 valence electrons. The minimum Gasteiger partial charge on any atom is -0.378 e. The van der Waals surface area contributed by atoms with E-state index in [1.165, 1.54) is 23.3 Å². The summed E-state index contributed by atoms with van der Waals surface area (Å²) in [7, 11) is 0. The van der Waals surface area contributed by atoms with Gasteiger partial charge in [0.1, 0.15) is 5.69 Å². The molecule has 0 bridgehead atoms. The van der Waals surface area contributed by atoms with Crippen LogP contribution in [0.4, 0.5) is 8.78 Å². The first-order valence-corrected chi connectivity index (χ1v) is 9.57. The van der Waals surface area contributed by atoms with Gasteiger partial charge in [0.05, 0.1) is 50.4 Å². The molecule has 10 nitrogen and oxygen atoms in total. The number of carbonyl (C=O) groups is 2. The molecular weight excluding hydrogens is 400 g/mol. The van der Waals surface area contributed by atoms with Crippen molar-refractivity contribution >= 4 is 11.8 Å². The van der Waals surface area contributed by atoms with Gasteiger partial charge >= 0.3 is 0 Å². The van der Waals surface area contributed by atoms with Gasteiger partial charge in [-0.05, 0) is 6.92 Å². The fourth-order valence-electron chi connectivity index (χ4n) is 3.58. The first-order valence-electron chi connectivity index (χ1n) is 9.57. The van der Waals surface area contributed by atoms with Gasteiger partial charge in [0.15, 0.2) is 5.69 Å². The highest BCUT2D eigenvalue weighted by atomic mass is 19.3. The summed E-state index contributed by atoms with van der Waals surface area (Å²) < 4.78 is 34.8. The molecule has 2 fully saturated rings. The van der Waals surface area contributed by atoms with Crippen LogP contribution in [0.15, 0.2) is 18.6 Å². The van der Waals surface area contributed by atoms with Crippen LogP contribution in [-0.2, 0) is 11.3 Å². The van der Waals surface area contributed by atoms with Crippen molar-refractivity contribution in [3.05, 3.63) is 35.7 Å². The molecule has 2 aliphatic heterocycles. The van der Waals surface area contributed by atoms with E-state index < -0.39 is 30.8 Å². The van der Waals surface area contributed by atoms with Gasteiger partial charge in [-0.15, -0.1) is 5.10 Å². The number of alkyl halides is 2. The van der Waals surface area contributed by atoms with Crippen molar-refractivity contribution in [1.29, 1.82) is 0 Å². The lowest BCUT2D eigenvalue weighted by Crippen LogP contribution is -2.40. The number of carbonyl (C=O) groups excluding carboxylic acids is 2. The van der Waals surface area contributed by atoms with Crippen LogP contribution in [0.3, 0.4) is 0 Å². The van der Waals surface area contributed by atoms with E-state index in [1.807, 2.05) is 0 Å². The lowest BCUT2D eigenvalue weighted by atomic mass is 10.2. The van der Waals surface area contributed by atoms with Crippen molar-refractivity contribution in [1.82, 2.24) is 34.8 Å². The summed E-state index contributed by atoms with van der Waals surface area (Å²) in [5.41, 5.74) is 0.754. The Bertz CT molecular complexity index is 928. The SMILES string of the molecule is Cc1cnc(C(=O)N2CC(F)(F)C[C@H]2Cn2cc(C(=O)N3CCOCC3)nn2)cn1. The number of nitrogens with zero attached hydrogens (tertiary/aromatic N) is 7. The van der Waals surface area contributed by atoms with Gasteiger partial charge in [-0.25, -0.2) is 18.4 Å². The standard InChI is InChI=1S/C18H21F2N7O3/c1-12-7-22-14(8-21-12)17(29)27-11-18(19,20)6-13(27)9-26-10-15(23-24-26)16(28)25-2-4-30-5-3-25/h7-8,10,13H,2-6,9,11H2,1H3/t13-/m0/s1. The van der Waals surface area contributed by atoms with E-state index in [1.54, 1.807) is 11.8 Å². The second kappa shape index (κ2) is 8.01. The predicted molar refractivity (Wildman–Crippen MR) is 97.9 cm³/mol. The van der Waals surface area contributed by atoms with E-state index in [0.29, 0.717) is 32.0 Å². The number of aromatic nitrogens is 5. The van der Waals surface area contributed by atoms with Crippen molar-refractivity contribution in [3.8, 4) is 0 Å². The molecule has 2 aliphatic rings. The Morgan fingerprint density at radius 3 is 2.63 bits per heavy atom. The number of ether oxygens (including phenoxy) is 1. The van der Waals surface area contributed by atoms with E-state index in [0.717, 1.165) is 4.90 Å². The van der Waals surface area contributed by atoms with Gasteiger partial charge in [0, 0.05) is 25.7 Å². The van der Waals surface area contributed by atoms with Crippen LogP contribution < -0.4 is 0 Å². The number of hydrogen-bond acceptors (Lipinski definition) is 7. The Labute approximate surface area is 170 Å². The average Bonchev–Trinajstić information content (AvgIpc) is 3.32. The third-order valence-electron chi connectivity index (χ3n) is 5.09. The third-order valence-corrected chi connectivity index (χ3v) is 5.09. The molecule has 0 aliphatic carbocycles. The number of likely N-dealkylation sites (tertiary alicyclic amines) is 1. The predicted octanol–water partition coefficient (Wildman–Crippen LogP) is 0.399. The van der Waals surface area contributed by atoms with Crippen molar-refractivity contribution in [3.63, 3.8) is 0 Å². The van der Waals surface area contributed by atoms with Crippen LogP contribution in [0.25, 0.3) is 0 Å². The van der Waals surface area contributed by atoms with Crippen LogP contribution in [0.2, 0.25) is 0 Å². The van der Waals surface area contributed by atoms with E-state index in [9.17, 15) is 18.4 Å². The molecule has 2 aromatic rings. The summed E-state index contributed by atoms with van der Waals surface area (Å²) in [6, 6.07) is -0.816. The minimum atomic E-state index is -3.02. The second-order valence-electron chi connectivity index (χ2n) is 7.42. The Balaban J connectivity index is 1.48. The van der Waals surface area contributed by atoms with E-state index in [4.69, 9.17) is 4.74 Å². The maximum Gasteiger partial charge on any atom is 0.276 e. The molecule has 0 aromatic carbocycles. The largest absolute Gasteiger partial charge is 0.378 e. The summed E-state index contributed by atoms with van der Waals surface area (Å²) in [6.45, 7) is 2.83. The fourth-order valence-corrected chi connectivity index (χ4v) is 3.58. The topological polar surface area (TPSA) is 106 Å². The summed E-state index contributed by atoms with van der Waals surface area (Å²) >= 11 is 0. The molecule has 1 atom stereocenters. The molecule has 30 heavy (non-hydrogen) atoms. The number of amides is 2. The van der Waals surface area contributed by atoms with Gasteiger partial charge in [-0.1, -0.05) is 5.21 Å². The van der Waals surface area contributed by atoms with Crippen molar-refractivity contribution < 1.29 is 23.1 Å². The molecule has 12 heteroatoms. The monoisotopic (exact) mass is 421 g/mol. The summed E-state index contributed by atoms with van der Waals surface area (Å²) in [6.07, 6.45) is 3.60. The van der Waals surface area contributed by atoms with E-state index in [-0.39, 0.29) is 23.8 Å². The molecule has 4 rings (SSSR count). The number of morpholine rings is 1. The van der Waals surface area contributed by atoms with Crippen molar-refractivity contribution in [2.45, 2.75) is 31.9 Å². The zero-order chi connectivity index (χ0) is 21.3. The zero-order valence-corrected chi connectivity index (χ0v) is 16.4. The quantitative estimate of drug-likeness (QED) is 0.703. The highest BCUT2D eigenvalue weighted by molar-refractivity contribution is 5.92. The Kier molecular flexibility index (Phi) is 5.41. The molecule has 0 radical (unpaired) electrons. The zero-order valence-electron chi connectivity index (χ0n) is 16.4. The average molecular weight is 421 g/mol. The molecule has 2 saturated heterocycles. The van der Waals surface area contributed by atoms with Crippen molar-refractivity contribution in [2.24, 2.45) is 0 Å². The van der Waals surface area contributed by atoms with Gasteiger partial charge in [-0.3, -0.25) is 14.6 Å². The van der Waals surface area contributed by atoms with Gasteiger partial charge in [-0.2, -0.15) is 0 Å². The van der Waals surface area contributed by atoms with Gasteiger partial charge < -0.3 is 14.5 Å². The molecule has 0 spiro atoms. The Hall–Kier alpha value is -3.02. The first kappa shape index (κ1) is 20.3. The fraction of sp³-hybridized carbons (Fsp3) is 0.556. The summed E-state index contributed by atoms with van der Waals surface area (Å²) in [5.74, 6) is -3.93. The molecule has 2 aromatic heterocycles. The molecule has 4 heterocycles. The number of halogens is 2. The maximum atomic E-state index is 14.1. The molecule has 0 saturated carbocycles. The Morgan fingerprint density at radius 1 is 1.17 bits per heavy atom. The normalized spacial score (nSPS) is 21.1. The van der Waals surface area contributed by atoms with Crippen molar-refractivity contribution in [2.75, 3.05) is 32.8 Å². The number of aryl methyl sites for hydroxylation is 1. The maximum absolute atomic E-state index is 14.1. The lowest BCUT2D eigenvalue weighted by molar-refractivity contribution is 0.0116. The van der Waals surface area contributed by atoms with Crippen LogP contribution in [0.1, 0.15) is 33.1 Å². The third kappa shape index (κ3) is 4.27. The Morgan fingerprint density at radius 2 is 1.93 bits per heavy atom. The van der Waals surface area contributed by atoms with Crippen LogP contribution in [0.5, 0.6) is 0 Å². The minimum absolute atomic E-state index is 0.00470. The summed E-state index contributed by atoms with van der Waals surface area (Å²) in [5, 5.41) is 7.77. The molecule has 0 N–H and O–H groups in total. The van der Waals surface area contributed by atoms with Crippen LogP contribution >= 0.6 is 0 Å². The van der Waals surface area contributed by atoms with E-state index >= 15 is 0 Å². The van der Waals surface area contributed by atoms with E-state index in [2.05, 4.69) is 20.3 Å². The molecular formula is C18H21F2N7O3. The lowest BCUT2D eigenvalue weighted by Gasteiger charge is -2.25. The van der Waals surface area contributed by atoms with Gasteiger partial charge in [0.25, 0.3) is 17.7 Å². The van der Waals surface area contributed by atoms with Gasteiger partial charge in [0.2, 0.25) is 0 Å². The highest BCUT2D eigenvalue weighted by Crippen LogP contribution is 2.33. The summed E-state index contributed by atoms with van der Waals surface area (Å²) in [4.78, 5) is 35.9. The smallest absolute Gasteiger partial charge is 0.276 e. The van der Waals surface area contributed by atoms with Crippen LogP contribution in [0, 0.1) is 6.92 Å². The number of rotatable bonds is 4.